The van der Waals surface area contributed by atoms with Crippen LogP contribution in [0.15, 0.2) is 51.9 Å². The molecule has 0 saturated heterocycles. The van der Waals surface area contributed by atoms with Crippen molar-refractivity contribution < 1.29 is 4.39 Å². The van der Waals surface area contributed by atoms with Gasteiger partial charge >= 0.3 is 0 Å². The molecule has 1 heterocycles. The van der Waals surface area contributed by atoms with Crippen LogP contribution in [0.2, 0.25) is 5.02 Å². The van der Waals surface area contributed by atoms with E-state index in [1.807, 2.05) is 29.2 Å². The normalized spacial score (nSPS) is 18.0. The number of anilines is 1. The second-order valence-corrected chi connectivity index (χ2v) is 6.06. The van der Waals surface area contributed by atoms with Crippen molar-refractivity contribution >= 4 is 39.2 Å². The first-order valence-corrected chi connectivity index (χ1v) is 7.53. The zero-order valence-electron chi connectivity index (χ0n) is 10.9. The third kappa shape index (κ3) is 2.76. The number of guanidine groups is 1. The van der Waals surface area contributed by atoms with Crippen LogP contribution >= 0.6 is 27.5 Å². The van der Waals surface area contributed by atoms with Crippen LogP contribution in [0.1, 0.15) is 11.6 Å². The largest absolute Gasteiger partial charge is 0.369 e. The van der Waals surface area contributed by atoms with Gasteiger partial charge in [0.2, 0.25) is 0 Å². The smallest absolute Gasteiger partial charge is 0.196 e. The van der Waals surface area contributed by atoms with Gasteiger partial charge < -0.3 is 10.6 Å². The Balaban J connectivity index is 2.00. The van der Waals surface area contributed by atoms with Gasteiger partial charge in [-0.05, 0) is 35.9 Å². The van der Waals surface area contributed by atoms with E-state index < -0.39 is 5.82 Å². The van der Waals surface area contributed by atoms with Gasteiger partial charge in [-0.25, -0.2) is 4.39 Å². The van der Waals surface area contributed by atoms with Crippen LogP contribution in [0, 0.1) is 5.82 Å². The number of hydrogen-bond acceptors (Lipinski definition) is 3. The molecule has 3 rings (SSSR count). The molecule has 1 aliphatic rings. The number of halogens is 3. The zero-order chi connectivity index (χ0) is 15.0. The van der Waals surface area contributed by atoms with Crippen molar-refractivity contribution in [2.45, 2.75) is 6.04 Å². The standard InChI is InChI=1S/C15H12BrClFN3/c16-10-2-1-3-11(7-10)21-14(8-20-15(21)19)9-4-5-13(18)12(17)6-9/h1-7,14H,8H2,(H2,19,20). The Labute approximate surface area is 135 Å². The Hall–Kier alpha value is -1.59. The van der Waals surface area contributed by atoms with Crippen molar-refractivity contribution in [2.75, 3.05) is 11.4 Å². The van der Waals surface area contributed by atoms with E-state index >= 15 is 0 Å². The summed E-state index contributed by atoms with van der Waals surface area (Å²) in [5.74, 6) is 0.0138. The van der Waals surface area contributed by atoms with Gasteiger partial charge in [-0.1, -0.05) is 39.7 Å². The van der Waals surface area contributed by atoms with E-state index in [1.54, 1.807) is 12.1 Å². The third-order valence-corrected chi connectivity index (χ3v) is 4.18. The van der Waals surface area contributed by atoms with Gasteiger partial charge in [0, 0.05) is 10.2 Å². The van der Waals surface area contributed by atoms with Crippen LogP contribution in [0.3, 0.4) is 0 Å². The number of hydrogen-bond donors (Lipinski definition) is 1. The molecule has 108 valence electrons. The second kappa shape index (κ2) is 5.66. The first kappa shape index (κ1) is 14.4. The molecule has 0 amide bonds. The van der Waals surface area contributed by atoms with Crippen LogP contribution in [-0.2, 0) is 0 Å². The Morgan fingerprint density at radius 2 is 2.10 bits per heavy atom. The van der Waals surface area contributed by atoms with E-state index in [9.17, 15) is 4.39 Å². The maximum Gasteiger partial charge on any atom is 0.196 e. The highest BCUT2D eigenvalue weighted by atomic mass is 79.9. The molecular formula is C15H12BrClFN3. The van der Waals surface area contributed by atoms with Crippen LogP contribution in [0.5, 0.6) is 0 Å². The molecular weight excluding hydrogens is 357 g/mol. The van der Waals surface area contributed by atoms with Crippen molar-refractivity contribution in [1.29, 1.82) is 0 Å². The fourth-order valence-corrected chi connectivity index (χ4v) is 2.99. The lowest BCUT2D eigenvalue weighted by atomic mass is 10.1. The number of nitrogens with zero attached hydrogens (tertiary/aromatic N) is 2. The summed E-state index contributed by atoms with van der Waals surface area (Å²) in [7, 11) is 0. The highest BCUT2D eigenvalue weighted by Gasteiger charge is 2.29. The van der Waals surface area contributed by atoms with Crippen LogP contribution in [0.25, 0.3) is 0 Å². The highest BCUT2D eigenvalue weighted by molar-refractivity contribution is 9.10. The summed E-state index contributed by atoms with van der Waals surface area (Å²) in [5, 5.41) is 0.104. The van der Waals surface area contributed by atoms with Gasteiger partial charge in [0.05, 0.1) is 17.6 Å². The Morgan fingerprint density at radius 3 is 2.81 bits per heavy atom. The van der Waals surface area contributed by atoms with Crippen molar-refractivity contribution in [3.8, 4) is 0 Å². The Morgan fingerprint density at radius 1 is 1.29 bits per heavy atom. The SMILES string of the molecule is NC1=NCC(c2ccc(F)c(Cl)c2)N1c1cccc(Br)c1. The minimum atomic E-state index is -0.429. The van der Waals surface area contributed by atoms with Crippen molar-refractivity contribution in [2.24, 2.45) is 10.7 Å². The molecule has 2 aromatic rings. The summed E-state index contributed by atoms with van der Waals surface area (Å²) >= 11 is 9.33. The summed E-state index contributed by atoms with van der Waals surface area (Å²) < 4.78 is 14.3. The van der Waals surface area contributed by atoms with E-state index in [0.717, 1.165) is 15.7 Å². The van der Waals surface area contributed by atoms with Gasteiger partial charge in [0.15, 0.2) is 5.96 Å². The van der Waals surface area contributed by atoms with Crippen LogP contribution in [0.4, 0.5) is 10.1 Å². The van der Waals surface area contributed by atoms with Gasteiger partial charge in [-0.15, -0.1) is 0 Å². The molecule has 3 nitrogen and oxygen atoms in total. The summed E-state index contributed by atoms with van der Waals surface area (Å²) in [6.07, 6.45) is 0. The Kier molecular flexibility index (Phi) is 3.87. The molecule has 0 bridgehead atoms. The minimum Gasteiger partial charge on any atom is -0.369 e. The lowest BCUT2D eigenvalue weighted by Crippen LogP contribution is -2.36. The molecule has 0 fully saturated rings. The first-order valence-electron chi connectivity index (χ1n) is 6.36. The summed E-state index contributed by atoms with van der Waals surface area (Å²) in [6, 6.07) is 12.4. The van der Waals surface area contributed by atoms with E-state index in [4.69, 9.17) is 17.3 Å². The molecule has 6 heteroatoms. The molecule has 1 atom stereocenters. The van der Waals surface area contributed by atoms with Crippen molar-refractivity contribution in [3.05, 3.63) is 63.3 Å². The zero-order valence-corrected chi connectivity index (χ0v) is 13.3. The van der Waals surface area contributed by atoms with E-state index in [2.05, 4.69) is 20.9 Å². The fraction of sp³-hybridized carbons (Fsp3) is 0.133. The maximum absolute atomic E-state index is 13.3. The molecule has 0 saturated carbocycles. The number of nitrogens with two attached hydrogens (primary N) is 1. The van der Waals surface area contributed by atoms with Gasteiger partial charge in [-0.3, -0.25) is 4.99 Å². The van der Waals surface area contributed by atoms with Gasteiger partial charge in [0.25, 0.3) is 0 Å². The van der Waals surface area contributed by atoms with E-state index in [-0.39, 0.29) is 11.1 Å². The predicted molar refractivity (Wildman–Crippen MR) is 87.3 cm³/mol. The third-order valence-electron chi connectivity index (χ3n) is 3.40. The number of rotatable bonds is 2. The van der Waals surface area contributed by atoms with Crippen LogP contribution < -0.4 is 10.6 Å². The van der Waals surface area contributed by atoms with Gasteiger partial charge in [0.1, 0.15) is 5.82 Å². The van der Waals surface area contributed by atoms with Gasteiger partial charge in [-0.2, -0.15) is 0 Å². The summed E-state index contributed by atoms with van der Waals surface area (Å²) in [4.78, 5) is 6.23. The molecule has 2 aromatic carbocycles. The van der Waals surface area contributed by atoms with E-state index in [1.165, 1.54) is 6.07 Å². The monoisotopic (exact) mass is 367 g/mol. The molecule has 21 heavy (non-hydrogen) atoms. The highest BCUT2D eigenvalue weighted by Crippen LogP contribution is 2.33. The van der Waals surface area contributed by atoms with E-state index in [0.29, 0.717) is 12.5 Å². The number of aliphatic imine (C=N–C) groups is 1. The molecule has 0 aliphatic carbocycles. The molecule has 0 aromatic heterocycles. The average molecular weight is 369 g/mol. The maximum atomic E-state index is 13.3. The fourth-order valence-electron chi connectivity index (χ4n) is 2.41. The van der Waals surface area contributed by atoms with Crippen LogP contribution in [-0.4, -0.2) is 12.5 Å². The molecule has 1 unspecified atom stereocenters. The first-order chi connectivity index (χ1) is 10.1. The average Bonchev–Trinajstić information content (AvgIpc) is 2.84. The quantitative estimate of drug-likeness (QED) is 0.866. The second-order valence-electron chi connectivity index (χ2n) is 4.74. The molecule has 2 N–H and O–H groups in total. The molecule has 0 radical (unpaired) electrons. The van der Waals surface area contributed by atoms with Crippen molar-refractivity contribution in [1.82, 2.24) is 0 Å². The summed E-state index contributed by atoms with van der Waals surface area (Å²) in [5.41, 5.74) is 7.82. The van der Waals surface area contributed by atoms with Crippen molar-refractivity contribution in [3.63, 3.8) is 0 Å². The predicted octanol–water partition coefficient (Wildman–Crippen LogP) is 4.12. The molecule has 1 aliphatic heterocycles. The lowest BCUT2D eigenvalue weighted by Gasteiger charge is -2.27. The Bertz CT molecular complexity index is 720. The topological polar surface area (TPSA) is 41.6 Å². The number of benzene rings is 2. The summed E-state index contributed by atoms with van der Waals surface area (Å²) in [6.45, 7) is 0.514. The lowest BCUT2D eigenvalue weighted by molar-refractivity contribution is 0.626. The minimum absolute atomic E-state index is 0.0857. The molecule has 0 spiro atoms.